The van der Waals surface area contributed by atoms with E-state index in [1.165, 1.54) is 0 Å². The molecular weight excluding hydrogens is 247 g/mol. The number of aliphatic carboxylic acids is 1. The number of aliphatic hydroxyl groups is 2. The van der Waals surface area contributed by atoms with Crippen LogP contribution in [0.5, 0.6) is 0 Å². The Bertz CT molecular complexity index is 473. The fourth-order valence-corrected chi connectivity index (χ4v) is 1.42. The Hall–Kier alpha value is -1.99. The summed E-state index contributed by atoms with van der Waals surface area (Å²) in [6, 6.07) is 2.56. The molecule has 0 spiro atoms. The summed E-state index contributed by atoms with van der Waals surface area (Å²) >= 11 is 0. The van der Waals surface area contributed by atoms with Gasteiger partial charge in [-0.15, -0.1) is 0 Å². The molecule has 98 valence electrons. The first kappa shape index (κ1) is 14.1. The molecule has 6 nitrogen and oxygen atoms in total. The van der Waals surface area contributed by atoms with Crippen molar-refractivity contribution in [3.8, 4) is 0 Å². The van der Waals surface area contributed by atoms with Crippen molar-refractivity contribution in [2.45, 2.75) is 18.6 Å². The maximum atomic E-state index is 13.1. The van der Waals surface area contributed by atoms with Crippen LogP contribution in [0.4, 0.5) is 4.39 Å². The van der Waals surface area contributed by atoms with Crippen molar-refractivity contribution >= 4 is 11.9 Å². The van der Waals surface area contributed by atoms with Crippen LogP contribution < -0.4 is 0 Å². The van der Waals surface area contributed by atoms with Gasteiger partial charge in [0.1, 0.15) is 11.9 Å². The third kappa shape index (κ3) is 3.51. The third-order valence-corrected chi connectivity index (χ3v) is 2.26. The van der Waals surface area contributed by atoms with Crippen LogP contribution in [-0.4, -0.2) is 38.5 Å². The zero-order chi connectivity index (χ0) is 13.9. The predicted molar refractivity (Wildman–Crippen MR) is 56.6 cm³/mol. The summed E-state index contributed by atoms with van der Waals surface area (Å²) in [6.07, 6.45) is -4.05. The molecule has 0 amide bonds. The van der Waals surface area contributed by atoms with Gasteiger partial charge in [-0.25, -0.2) is 9.18 Å². The maximum absolute atomic E-state index is 13.1. The monoisotopic (exact) mass is 258 g/mol. The molecule has 2 unspecified atom stereocenters. The van der Waals surface area contributed by atoms with Crippen molar-refractivity contribution in [1.82, 2.24) is 0 Å². The van der Waals surface area contributed by atoms with Crippen molar-refractivity contribution in [1.29, 1.82) is 0 Å². The molecular formula is C11H11FO6. The van der Waals surface area contributed by atoms with Crippen molar-refractivity contribution < 1.29 is 34.4 Å². The topological polar surface area (TPSA) is 115 Å². The molecule has 1 aromatic rings. The van der Waals surface area contributed by atoms with Crippen LogP contribution in [-0.2, 0) is 4.79 Å². The second-order valence-corrected chi connectivity index (χ2v) is 3.69. The Morgan fingerprint density at radius 2 is 1.78 bits per heavy atom. The molecule has 0 heterocycles. The summed E-state index contributed by atoms with van der Waals surface area (Å²) in [5, 5.41) is 36.1. The Kier molecular flexibility index (Phi) is 4.35. The number of halogens is 1. The number of carboxylic acid groups (broad SMARTS) is 2. The van der Waals surface area contributed by atoms with Gasteiger partial charge in [0.15, 0.2) is 0 Å². The normalized spacial score (nSPS) is 13.9. The summed E-state index contributed by atoms with van der Waals surface area (Å²) in [5.74, 6) is -3.63. The van der Waals surface area contributed by atoms with Crippen LogP contribution in [0, 0.1) is 5.82 Å². The Morgan fingerprint density at radius 1 is 1.17 bits per heavy atom. The lowest BCUT2D eigenvalue weighted by Crippen LogP contribution is -2.22. The van der Waals surface area contributed by atoms with Gasteiger partial charge in [0.05, 0.1) is 18.1 Å². The molecule has 0 fully saturated rings. The number of carbonyl (C=O) groups is 2. The molecule has 2 atom stereocenters. The summed E-state index contributed by atoms with van der Waals surface area (Å²) in [5.41, 5.74) is -0.590. The Morgan fingerprint density at radius 3 is 2.28 bits per heavy atom. The van der Waals surface area contributed by atoms with Gasteiger partial charge in [-0.05, 0) is 23.8 Å². The van der Waals surface area contributed by atoms with Gasteiger partial charge in [-0.1, -0.05) is 0 Å². The maximum Gasteiger partial charge on any atom is 0.335 e. The van der Waals surface area contributed by atoms with Gasteiger partial charge in [-0.2, -0.15) is 0 Å². The molecule has 7 heteroatoms. The van der Waals surface area contributed by atoms with E-state index >= 15 is 0 Å². The minimum absolute atomic E-state index is 0.193. The fraction of sp³-hybridized carbons (Fsp3) is 0.273. The predicted octanol–water partition coefficient (Wildman–Crippen LogP) is 0.393. The van der Waals surface area contributed by atoms with Gasteiger partial charge in [0.25, 0.3) is 0 Å². The highest BCUT2D eigenvalue weighted by Gasteiger charge is 2.22. The molecule has 1 rings (SSSR count). The van der Waals surface area contributed by atoms with Crippen LogP contribution in [0.25, 0.3) is 0 Å². The number of hydrogen-bond acceptors (Lipinski definition) is 4. The zero-order valence-electron chi connectivity index (χ0n) is 9.08. The van der Waals surface area contributed by atoms with Crippen LogP contribution in [0.15, 0.2) is 18.2 Å². The molecule has 1 aromatic carbocycles. The molecule has 0 aromatic heterocycles. The smallest absolute Gasteiger partial charge is 0.335 e. The number of hydrogen-bond donors (Lipinski definition) is 4. The Labute approximate surface area is 101 Å². The lowest BCUT2D eigenvalue weighted by molar-refractivity contribution is -0.141. The first-order valence-corrected chi connectivity index (χ1v) is 4.93. The van der Waals surface area contributed by atoms with E-state index in [4.69, 9.17) is 10.2 Å². The van der Waals surface area contributed by atoms with E-state index in [2.05, 4.69) is 0 Å². The first-order chi connectivity index (χ1) is 8.31. The molecule has 18 heavy (non-hydrogen) atoms. The number of benzene rings is 1. The quantitative estimate of drug-likeness (QED) is 0.607. The van der Waals surface area contributed by atoms with Crippen molar-refractivity contribution in [2.24, 2.45) is 0 Å². The molecule has 4 N–H and O–H groups in total. The average molecular weight is 258 g/mol. The summed E-state index contributed by atoms with van der Waals surface area (Å²) in [7, 11) is 0. The highest BCUT2D eigenvalue weighted by Crippen LogP contribution is 2.21. The summed E-state index contributed by atoms with van der Waals surface area (Å²) < 4.78 is 13.1. The van der Waals surface area contributed by atoms with E-state index in [9.17, 15) is 24.2 Å². The van der Waals surface area contributed by atoms with Crippen LogP contribution >= 0.6 is 0 Å². The molecule has 0 saturated heterocycles. The highest BCUT2D eigenvalue weighted by atomic mass is 19.1. The van der Waals surface area contributed by atoms with Gasteiger partial charge < -0.3 is 20.4 Å². The van der Waals surface area contributed by atoms with Gasteiger partial charge in [0, 0.05) is 0 Å². The SMILES string of the molecule is O=C(O)CC(O)C(O)c1cc(F)cc(C(=O)O)c1. The van der Waals surface area contributed by atoms with E-state index in [-0.39, 0.29) is 5.56 Å². The molecule has 0 aliphatic heterocycles. The average Bonchev–Trinajstić information content (AvgIpc) is 2.26. The standard InChI is InChI=1S/C11H11FO6/c12-7-2-5(1-6(3-7)11(17)18)10(16)8(13)4-9(14)15/h1-3,8,10,13,16H,4H2,(H,14,15)(H,17,18). The van der Waals surface area contributed by atoms with E-state index in [0.29, 0.717) is 0 Å². The fourth-order valence-electron chi connectivity index (χ4n) is 1.42. The molecule has 0 bridgehead atoms. The number of rotatable bonds is 5. The minimum Gasteiger partial charge on any atom is -0.481 e. The number of aromatic carboxylic acids is 1. The number of aliphatic hydroxyl groups excluding tert-OH is 2. The van der Waals surface area contributed by atoms with Crippen molar-refractivity contribution in [3.63, 3.8) is 0 Å². The van der Waals surface area contributed by atoms with Gasteiger partial charge >= 0.3 is 11.9 Å². The third-order valence-electron chi connectivity index (χ3n) is 2.26. The van der Waals surface area contributed by atoms with Crippen LogP contribution in [0.3, 0.4) is 0 Å². The lowest BCUT2D eigenvalue weighted by Gasteiger charge is -2.16. The first-order valence-electron chi connectivity index (χ1n) is 4.93. The zero-order valence-corrected chi connectivity index (χ0v) is 9.08. The second-order valence-electron chi connectivity index (χ2n) is 3.69. The van der Waals surface area contributed by atoms with Gasteiger partial charge in [0.2, 0.25) is 0 Å². The van der Waals surface area contributed by atoms with E-state index in [0.717, 1.165) is 18.2 Å². The van der Waals surface area contributed by atoms with Gasteiger partial charge in [-0.3, -0.25) is 4.79 Å². The van der Waals surface area contributed by atoms with Crippen LogP contribution in [0.1, 0.15) is 28.4 Å². The molecule has 0 radical (unpaired) electrons. The van der Waals surface area contributed by atoms with E-state index < -0.39 is 41.9 Å². The highest BCUT2D eigenvalue weighted by molar-refractivity contribution is 5.87. The minimum atomic E-state index is -1.67. The molecule has 0 saturated carbocycles. The molecule has 0 aliphatic carbocycles. The van der Waals surface area contributed by atoms with Crippen LogP contribution in [0.2, 0.25) is 0 Å². The summed E-state index contributed by atoms with van der Waals surface area (Å²) in [6.45, 7) is 0. The Balaban J connectivity index is 3.01. The van der Waals surface area contributed by atoms with Crippen molar-refractivity contribution in [3.05, 3.63) is 35.1 Å². The number of carboxylic acids is 2. The largest absolute Gasteiger partial charge is 0.481 e. The summed E-state index contributed by atoms with van der Waals surface area (Å²) in [4.78, 5) is 21.0. The lowest BCUT2D eigenvalue weighted by atomic mass is 10.00. The molecule has 0 aliphatic rings. The second kappa shape index (κ2) is 5.56. The van der Waals surface area contributed by atoms with E-state index in [1.54, 1.807) is 0 Å². The van der Waals surface area contributed by atoms with E-state index in [1.807, 2.05) is 0 Å². The van der Waals surface area contributed by atoms with Crippen molar-refractivity contribution in [2.75, 3.05) is 0 Å².